The van der Waals surface area contributed by atoms with Crippen molar-refractivity contribution in [3.8, 4) is 0 Å². The van der Waals surface area contributed by atoms with Crippen LogP contribution in [0.15, 0.2) is 18.2 Å². The first-order valence-corrected chi connectivity index (χ1v) is 6.17. The molecule has 0 fully saturated rings. The second-order valence-electron chi connectivity index (χ2n) is 4.39. The van der Waals surface area contributed by atoms with Gasteiger partial charge >= 0.3 is 0 Å². The van der Waals surface area contributed by atoms with E-state index < -0.39 is 6.10 Å². The largest absolute Gasteiger partial charge is 0.391 e. The normalized spacial score (nSPS) is 12.4. The summed E-state index contributed by atoms with van der Waals surface area (Å²) < 4.78 is 4.83. The summed E-state index contributed by atoms with van der Waals surface area (Å²) >= 11 is 0. The minimum absolute atomic E-state index is 0.138. The van der Waals surface area contributed by atoms with Crippen molar-refractivity contribution >= 4 is 5.69 Å². The maximum atomic E-state index is 10.8. The Bertz CT molecular complexity index is 423. The number of hydrogen-bond acceptors (Lipinski definition) is 5. The highest BCUT2D eigenvalue weighted by molar-refractivity contribution is 5.44. The molecule has 1 aromatic carbocycles. The highest BCUT2D eigenvalue weighted by Gasteiger charge is 2.12. The van der Waals surface area contributed by atoms with E-state index in [1.807, 2.05) is 6.07 Å². The van der Waals surface area contributed by atoms with Gasteiger partial charge in [-0.15, -0.1) is 0 Å². The molecule has 0 saturated carbocycles. The minimum Gasteiger partial charge on any atom is -0.391 e. The average Bonchev–Trinajstić information content (AvgIpc) is 2.36. The van der Waals surface area contributed by atoms with Crippen molar-refractivity contribution in [1.82, 2.24) is 5.32 Å². The highest BCUT2D eigenvalue weighted by atomic mass is 16.6. The fourth-order valence-corrected chi connectivity index (χ4v) is 1.83. The zero-order valence-electron chi connectivity index (χ0n) is 11.3. The third-order valence-electron chi connectivity index (χ3n) is 2.94. The third-order valence-corrected chi connectivity index (χ3v) is 2.94. The van der Waals surface area contributed by atoms with E-state index >= 15 is 0 Å². The van der Waals surface area contributed by atoms with Crippen LogP contribution in [0.5, 0.6) is 0 Å². The SMILES string of the molecule is COCC(O)CCNCc1cccc([N+](=O)[O-])c1C. The van der Waals surface area contributed by atoms with Crippen LogP contribution in [0.2, 0.25) is 0 Å². The molecule has 1 atom stereocenters. The molecule has 1 unspecified atom stereocenters. The molecule has 1 aromatic rings. The second kappa shape index (κ2) is 7.83. The number of rotatable bonds is 8. The fraction of sp³-hybridized carbons (Fsp3) is 0.538. The lowest BCUT2D eigenvalue weighted by atomic mass is 10.1. The Hall–Kier alpha value is -1.50. The standard InChI is InChI=1S/C13H20N2O4/c1-10-11(4-3-5-13(10)15(17)18)8-14-7-6-12(16)9-19-2/h3-5,12,14,16H,6-9H2,1-2H3. The van der Waals surface area contributed by atoms with Gasteiger partial charge in [0.2, 0.25) is 0 Å². The first kappa shape index (κ1) is 15.6. The number of ether oxygens (including phenoxy) is 1. The molecule has 6 heteroatoms. The number of nitrogens with one attached hydrogen (secondary N) is 1. The van der Waals surface area contributed by atoms with Gasteiger partial charge in [-0.1, -0.05) is 12.1 Å². The molecular weight excluding hydrogens is 248 g/mol. The van der Waals surface area contributed by atoms with Gasteiger partial charge in [0.05, 0.1) is 17.6 Å². The first-order valence-electron chi connectivity index (χ1n) is 6.17. The number of methoxy groups -OCH3 is 1. The molecule has 0 bridgehead atoms. The van der Waals surface area contributed by atoms with E-state index in [2.05, 4.69) is 5.32 Å². The molecule has 0 radical (unpaired) electrons. The van der Waals surface area contributed by atoms with E-state index in [0.29, 0.717) is 31.7 Å². The smallest absolute Gasteiger partial charge is 0.272 e. The van der Waals surface area contributed by atoms with Crippen molar-refractivity contribution in [2.24, 2.45) is 0 Å². The molecule has 6 nitrogen and oxygen atoms in total. The summed E-state index contributed by atoms with van der Waals surface area (Å²) in [7, 11) is 1.54. The Morgan fingerprint density at radius 1 is 1.53 bits per heavy atom. The average molecular weight is 268 g/mol. The van der Waals surface area contributed by atoms with Gasteiger partial charge in [0.15, 0.2) is 0 Å². The Balaban J connectivity index is 2.46. The van der Waals surface area contributed by atoms with Gasteiger partial charge in [-0.05, 0) is 25.5 Å². The molecule has 0 spiro atoms. The van der Waals surface area contributed by atoms with Crippen molar-refractivity contribution in [3.05, 3.63) is 39.4 Å². The van der Waals surface area contributed by atoms with Crippen molar-refractivity contribution in [2.75, 3.05) is 20.3 Å². The summed E-state index contributed by atoms with van der Waals surface area (Å²) in [6.45, 7) is 3.24. The fourth-order valence-electron chi connectivity index (χ4n) is 1.83. The van der Waals surface area contributed by atoms with Crippen LogP contribution >= 0.6 is 0 Å². The van der Waals surface area contributed by atoms with E-state index in [9.17, 15) is 15.2 Å². The van der Waals surface area contributed by atoms with E-state index in [-0.39, 0.29) is 10.6 Å². The van der Waals surface area contributed by atoms with Crippen molar-refractivity contribution in [1.29, 1.82) is 0 Å². The summed E-state index contributed by atoms with van der Waals surface area (Å²) in [5.74, 6) is 0. The molecule has 0 aliphatic rings. The van der Waals surface area contributed by atoms with Crippen LogP contribution in [-0.2, 0) is 11.3 Å². The number of nitro groups is 1. The minimum atomic E-state index is -0.483. The summed E-state index contributed by atoms with van der Waals surface area (Å²) in [4.78, 5) is 10.4. The lowest BCUT2D eigenvalue weighted by Crippen LogP contribution is -2.23. The zero-order chi connectivity index (χ0) is 14.3. The van der Waals surface area contributed by atoms with Gasteiger partial charge in [0.25, 0.3) is 5.69 Å². The molecule has 0 saturated heterocycles. The summed E-state index contributed by atoms with van der Waals surface area (Å²) in [6.07, 6.45) is 0.102. The van der Waals surface area contributed by atoms with Gasteiger partial charge in [-0.25, -0.2) is 0 Å². The summed E-state index contributed by atoms with van der Waals surface area (Å²) in [5, 5.41) is 23.4. The predicted octanol–water partition coefficient (Wildman–Crippen LogP) is 1.39. The number of benzene rings is 1. The molecular formula is C13H20N2O4. The second-order valence-corrected chi connectivity index (χ2v) is 4.39. The lowest BCUT2D eigenvalue weighted by Gasteiger charge is -2.11. The molecule has 0 amide bonds. The summed E-state index contributed by atoms with van der Waals surface area (Å²) in [5.41, 5.74) is 1.71. The number of hydrogen-bond donors (Lipinski definition) is 2. The molecule has 0 aliphatic carbocycles. The van der Waals surface area contributed by atoms with Crippen LogP contribution in [0.25, 0.3) is 0 Å². The van der Waals surface area contributed by atoms with Crippen molar-refractivity contribution < 1.29 is 14.8 Å². The Morgan fingerprint density at radius 3 is 2.89 bits per heavy atom. The molecule has 19 heavy (non-hydrogen) atoms. The van der Waals surface area contributed by atoms with Crippen molar-refractivity contribution in [3.63, 3.8) is 0 Å². The van der Waals surface area contributed by atoms with Gasteiger partial charge < -0.3 is 15.2 Å². The predicted molar refractivity (Wildman–Crippen MR) is 72.0 cm³/mol. The quantitative estimate of drug-likeness (QED) is 0.423. The Morgan fingerprint density at radius 2 is 2.26 bits per heavy atom. The number of nitrogens with zero attached hydrogens (tertiary/aromatic N) is 1. The van der Waals surface area contributed by atoms with Gasteiger partial charge in [0, 0.05) is 25.3 Å². The Kier molecular flexibility index (Phi) is 6.41. The maximum Gasteiger partial charge on any atom is 0.272 e. The van der Waals surface area contributed by atoms with E-state index in [1.165, 1.54) is 6.07 Å². The van der Waals surface area contributed by atoms with Crippen LogP contribution < -0.4 is 5.32 Å². The number of aliphatic hydroxyl groups excluding tert-OH is 1. The highest BCUT2D eigenvalue weighted by Crippen LogP contribution is 2.20. The van der Waals surface area contributed by atoms with Crippen molar-refractivity contribution in [2.45, 2.75) is 26.0 Å². The van der Waals surface area contributed by atoms with Crippen LogP contribution in [0.3, 0.4) is 0 Å². The number of aliphatic hydroxyl groups is 1. The topological polar surface area (TPSA) is 84.6 Å². The molecule has 2 N–H and O–H groups in total. The number of nitro benzene ring substituents is 1. The van der Waals surface area contributed by atoms with Gasteiger partial charge in [-0.2, -0.15) is 0 Å². The van der Waals surface area contributed by atoms with E-state index in [4.69, 9.17) is 4.74 Å². The van der Waals surface area contributed by atoms with Crippen LogP contribution in [-0.4, -0.2) is 36.4 Å². The van der Waals surface area contributed by atoms with Gasteiger partial charge in [-0.3, -0.25) is 10.1 Å². The molecule has 0 aliphatic heterocycles. The van der Waals surface area contributed by atoms with E-state index in [0.717, 1.165) is 5.56 Å². The monoisotopic (exact) mass is 268 g/mol. The third kappa shape index (κ3) is 4.94. The van der Waals surface area contributed by atoms with Crippen LogP contribution in [0.1, 0.15) is 17.5 Å². The molecule has 0 aromatic heterocycles. The Labute approximate surface area is 112 Å². The lowest BCUT2D eigenvalue weighted by molar-refractivity contribution is -0.385. The van der Waals surface area contributed by atoms with Gasteiger partial charge in [0.1, 0.15) is 0 Å². The summed E-state index contributed by atoms with van der Waals surface area (Å²) in [6, 6.07) is 5.05. The molecule has 106 valence electrons. The zero-order valence-corrected chi connectivity index (χ0v) is 11.3. The van der Waals surface area contributed by atoms with Crippen LogP contribution in [0, 0.1) is 17.0 Å². The molecule has 1 rings (SSSR count). The maximum absolute atomic E-state index is 10.8. The molecule has 0 heterocycles. The van der Waals surface area contributed by atoms with Crippen LogP contribution in [0.4, 0.5) is 5.69 Å². The first-order chi connectivity index (χ1) is 9.06. The van der Waals surface area contributed by atoms with E-state index in [1.54, 1.807) is 20.1 Å².